The average Bonchev–Trinajstić information content (AvgIpc) is 4.00. The van der Waals surface area contributed by atoms with Crippen LogP contribution in [0.5, 0.6) is 6.01 Å². The number of thiophene rings is 1. The number of nitrogens with one attached hydrogen (secondary N) is 1. The molecule has 1 saturated carbocycles. The molecule has 5 fully saturated rings. The number of nitrogen functional groups attached to an aromatic ring is 1. The van der Waals surface area contributed by atoms with Gasteiger partial charge in [-0.25, -0.2) is 13.2 Å². The van der Waals surface area contributed by atoms with Gasteiger partial charge in [-0.05, 0) is 55.8 Å². The van der Waals surface area contributed by atoms with Gasteiger partial charge in [0.05, 0.1) is 20.8 Å². The molecule has 5 aliphatic rings. The van der Waals surface area contributed by atoms with Gasteiger partial charge in [0.15, 0.2) is 5.82 Å². The summed E-state index contributed by atoms with van der Waals surface area (Å²) in [6.45, 7) is 3.10. The van der Waals surface area contributed by atoms with Crippen LogP contribution in [0.4, 0.5) is 24.0 Å². The van der Waals surface area contributed by atoms with Gasteiger partial charge in [0.2, 0.25) is 5.91 Å². The van der Waals surface area contributed by atoms with Crippen LogP contribution in [0.25, 0.3) is 32.1 Å². The quantitative estimate of drug-likeness (QED) is 0.246. The molecule has 50 heavy (non-hydrogen) atoms. The molecule has 9 rings (SSSR count). The van der Waals surface area contributed by atoms with Gasteiger partial charge in [-0.2, -0.15) is 15.2 Å². The van der Waals surface area contributed by atoms with Crippen molar-refractivity contribution < 1.29 is 22.7 Å². The van der Waals surface area contributed by atoms with E-state index in [9.17, 15) is 18.8 Å². The van der Waals surface area contributed by atoms with Crippen LogP contribution in [0.1, 0.15) is 37.7 Å². The van der Waals surface area contributed by atoms with Crippen molar-refractivity contribution in [1.82, 2.24) is 25.1 Å². The predicted octanol–water partition coefficient (Wildman–Crippen LogP) is 5.25. The molecule has 1 aliphatic carbocycles. The Bertz CT molecular complexity index is 2120. The first-order chi connectivity index (χ1) is 24.2. The van der Waals surface area contributed by atoms with Crippen LogP contribution in [-0.4, -0.2) is 95.3 Å². The SMILES string of the molecule is N#Cc1c(N)sc2c(F)ccc(-c3c(Cl)cc4c(N5CCN(C(=O)[C@H]6N[C@H]6C6CC6)CC5)nc(OC[C@@]56CCCN5C[C@H](F)C6)nc4c3F)c12. The molecule has 0 unspecified atom stereocenters. The summed E-state index contributed by atoms with van der Waals surface area (Å²) in [5, 5.41) is 13.9. The van der Waals surface area contributed by atoms with Crippen molar-refractivity contribution in [3.63, 3.8) is 0 Å². The highest BCUT2D eigenvalue weighted by Gasteiger charge is 2.52. The van der Waals surface area contributed by atoms with Gasteiger partial charge in [-0.15, -0.1) is 11.3 Å². The van der Waals surface area contributed by atoms with Crippen molar-refractivity contribution in [3.8, 4) is 23.2 Å². The first-order valence-electron chi connectivity index (χ1n) is 17.1. The summed E-state index contributed by atoms with van der Waals surface area (Å²) < 4.78 is 52.8. The molecule has 4 saturated heterocycles. The first-order valence-corrected chi connectivity index (χ1v) is 18.3. The number of nitriles is 1. The molecule has 10 nitrogen and oxygen atoms in total. The maximum absolute atomic E-state index is 17.0. The largest absolute Gasteiger partial charge is 0.461 e. The van der Waals surface area contributed by atoms with E-state index in [2.05, 4.69) is 15.2 Å². The Hall–Kier alpha value is -3.90. The number of alkyl halides is 1. The van der Waals surface area contributed by atoms with Crippen LogP contribution in [0.2, 0.25) is 5.02 Å². The van der Waals surface area contributed by atoms with Crippen LogP contribution in [0, 0.1) is 28.9 Å². The standard InChI is InChI=1S/C35H34ClF3N8O2S/c36-22-12-20-28(26(39)25(22)19-4-5-23(38)30-24(19)21(14-40)31(41)50-30)43-34(49-16-35-6-1-7-47(35)15-18(37)13-35)44-32(20)45-8-10-46(11-9-45)33(48)29-27(42-29)17-2-3-17/h4-5,12,17-18,27,29,42H,1-3,6-11,13,15-16,41H2/t18-,27+,29+,35+/m1/s1. The second-order valence-electron chi connectivity index (χ2n) is 14.2. The second-order valence-corrected chi connectivity index (χ2v) is 15.7. The summed E-state index contributed by atoms with van der Waals surface area (Å²) in [5.41, 5.74) is 5.74. The summed E-state index contributed by atoms with van der Waals surface area (Å²) in [7, 11) is 0. The normalized spacial score (nSPS) is 26.5. The van der Waals surface area contributed by atoms with Gasteiger partial charge in [0.1, 0.15) is 47.0 Å². The van der Waals surface area contributed by atoms with Crippen molar-refractivity contribution in [1.29, 1.82) is 5.26 Å². The lowest BCUT2D eigenvalue weighted by molar-refractivity contribution is -0.131. The number of amides is 1. The van der Waals surface area contributed by atoms with Crippen molar-refractivity contribution in [2.24, 2.45) is 5.92 Å². The fourth-order valence-corrected chi connectivity index (χ4v) is 9.69. The number of fused-ring (bicyclic) bond motifs is 3. The van der Waals surface area contributed by atoms with Crippen molar-refractivity contribution in [3.05, 3.63) is 40.4 Å². The zero-order valence-corrected chi connectivity index (χ0v) is 28.6. The second kappa shape index (κ2) is 11.8. The molecular weight excluding hydrogens is 689 g/mol. The summed E-state index contributed by atoms with van der Waals surface area (Å²) in [6, 6.07) is 6.31. The minimum Gasteiger partial charge on any atom is -0.461 e. The zero-order chi connectivity index (χ0) is 34.5. The van der Waals surface area contributed by atoms with E-state index in [1.165, 1.54) is 25.0 Å². The minimum atomic E-state index is -0.949. The monoisotopic (exact) mass is 722 g/mol. The van der Waals surface area contributed by atoms with Gasteiger partial charge in [0, 0.05) is 61.5 Å². The fourth-order valence-electron chi connectivity index (χ4n) is 8.44. The highest BCUT2D eigenvalue weighted by atomic mass is 35.5. The maximum atomic E-state index is 17.0. The Morgan fingerprint density at radius 2 is 2.00 bits per heavy atom. The lowest BCUT2D eigenvalue weighted by Gasteiger charge is -2.36. The lowest BCUT2D eigenvalue weighted by atomic mass is 9.95. The van der Waals surface area contributed by atoms with E-state index in [0.29, 0.717) is 56.3 Å². The number of anilines is 2. The zero-order valence-electron chi connectivity index (χ0n) is 27.0. The van der Waals surface area contributed by atoms with Crippen LogP contribution >= 0.6 is 22.9 Å². The number of piperazine rings is 1. The number of nitrogens with two attached hydrogens (primary N) is 1. The highest BCUT2D eigenvalue weighted by Crippen LogP contribution is 2.46. The number of aromatic nitrogens is 2. The third kappa shape index (κ3) is 5.15. The number of benzene rings is 2. The molecule has 4 aromatic rings. The Morgan fingerprint density at radius 3 is 2.76 bits per heavy atom. The third-order valence-corrected chi connectivity index (χ3v) is 12.5. The molecule has 15 heteroatoms. The number of halogens is 4. The van der Waals surface area contributed by atoms with Gasteiger partial charge < -0.3 is 20.3 Å². The molecule has 0 bridgehead atoms. The number of ether oxygens (including phenoxy) is 1. The van der Waals surface area contributed by atoms with Crippen LogP contribution in [0.15, 0.2) is 18.2 Å². The summed E-state index contributed by atoms with van der Waals surface area (Å²) in [6.07, 6.45) is 3.45. The van der Waals surface area contributed by atoms with Crippen molar-refractivity contribution in [2.75, 3.05) is 56.5 Å². The van der Waals surface area contributed by atoms with Crippen molar-refractivity contribution in [2.45, 2.75) is 55.9 Å². The van der Waals surface area contributed by atoms with E-state index in [1.807, 2.05) is 15.9 Å². The Morgan fingerprint density at radius 1 is 1.20 bits per heavy atom. The van der Waals surface area contributed by atoms with Gasteiger partial charge in [0.25, 0.3) is 0 Å². The number of hydrogen-bond donors (Lipinski definition) is 2. The summed E-state index contributed by atoms with van der Waals surface area (Å²) in [5.74, 6) is -0.252. The topological polar surface area (TPSA) is 134 Å². The number of carbonyl (C=O) groups is 1. The smallest absolute Gasteiger partial charge is 0.319 e. The maximum Gasteiger partial charge on any atom is 0.319 e. The van der Waals surface area contributed by atoms with E-state index in [0.717, 1.165) is 30.7 Å². The third-order valence-electron chi connectivity index (χ3n) is 11.2. The van der Waals surface area contributed by atoms with E-state index in [4.69, 9.17) is 27.1 Å². The highest BCUT2D eigenvalue weighted by molar-refractivity contribution is 7.23. The van der Waals surface area contributed by atoms with E-state index < -0.39 is 23.3 Å². The first kappa shape index (κ1) is 32.0. The van der Waals surface area contributed by atoms with E-state index >= 15 is 4.39 Å². The van der Waals surface area contributed by atoms with Gasteiger partial charge in [-0.1, -0.05) is 17.7 Å². The molecule has 4 atom stereocenters. The number of hydrogen-bond acceptors (Lipinski definition) is 10. The summed E-state index contributed by atoms with van der Waals surface area (Å²) in [4.78, 5) is 28.5. The minimum absolute atomic E-state index is 0.0234. The van der Waals surface area contributed by atoms with Crippen molar-refractivity contribution >= 4 is 60.7 Å². The molecule has 2 aromatic carbocycles. The predicted molar refractivity (Wildman–Crippen MR) is 185 cm³/mol. The molecule has 0 spiro atoms. The van der Waals surface area contributed by atoms with Gasteiger partial charge in [-0.3, -0.25) is 15.0 Å². The number of nitrogens with zero attached hydrogens (tertiary/aromatic N) is 6. The lowest BCUT2D eigenvalue weighted by Crippen LogP contribution is -2.50. The van der Waals surface area contributed by atoms with Crippen LogP contribution < -0.4 is 20.7 Å². The molecule has 260 valence electrons. The molecule has 6 heterocycles. The molecular formula is C35H34ClF3N8O2S. The van der Waals surface area contributed by atoms with E-state index in [1.54, 1.807) is 6.07 Å². The molecule has 4 aliphatic heterocycles. The number of carbonyl (C=O) groups excluding carboxylic acids is 1. The Labute approximate surface area is 294 Å². The Kier molecular flexibility index (Phi) is 7.58. The van der Waals surface area contributed by atoms with E-state index in [-0.39, 0.29) is 72.9 Å². The van der Waals surface area contributed by atoms with Gasteiger partial charge >= 0.3 is 6.01 Å². The Balaban J connectivity index is 1.11. The molecule has 1 amide bonds. The van der Waals surface area contributed by atoms with Crippen LogP contribution in [-0.2, 0) is 4.79 Å². The average molecular weight is 723 g/mol. The summed E-state index contributed by atoms with van der Waals surface area (Å²) >= 11 is 7.77. The fraction of sp³-hybridized carbons (Fsp3) is 0.486. The molecule has 2 aromatic heterocycles. The molecule has 3 N–H and O–H groups in total. The van der Waals surface area contributed by atoms with Crippen LogP contribution in [0.3, 0.4) is 0 Å². The number of rotatable bonds is 7. The molecule has 0 radical (unpaired) electrons.